The van der Waals surface area contributed by atoms with Crippen molar-refractivity contribution in [1.82, 2.24) is 9.97 Å². The molecular weight excluding hydrogens is 336 g/mol. The third-order valence-electron chi connectivity index (χ3n) is 3.97. The van der Waals surface area contributed by atoms with E-state index in [-0.39, 0.29) is 5.69 Å². The summed E-state index contributed by atoms with van der Waals surface area (Å²) >= 11 is 0. The maximum Gasteiger partial charge on any atom is 0.269 e. The van der Waals surface area contributed by atoms with Gasteiger partial charge >= 0.3 is 0 Å². The number of hydrogen-bond acceptors (Lipinski definition) is 8. The summed E-state index contributed by atoms with van der Waals surface area (Å²) in [5, 5.41) is 15.1. The minimum atomic E-state index is -0.425. The quantitative estimate of drug-likeness (QED) is 0.498. The number of ether oxygens (including phenoxy) is 1. The number of nitro groups is 1. The van der Waals surface area contributed by atoms with Gasteiger partial charge in [0.25, 0.3) is 5.69 Å². The van der Waals surface area contributed by atoms with E-state index < -0.39 is 4.92 Å². The Morgan fingerprint density at radius 3 is 2.62 bits per heavy atom. The fourth-order valence-corrected chi connectivity index (χ4v) is 2.54. The lowest BCUT2D eigenvalue weighted by molar-refractivity contribution is -0.384. The number of nitrogens with one attached hydrogen (secondary N) is 1. The molecule has 0 atom stereocenters. The number of aromatic nitrogens is 2. The molecule has 1 aliphatic rings. The largest absolute Gasteiger partial charge is 0.378 e. The molecule has 9 nitrogen and oxygen atoms in total. The molecule has 136 valence electrons. The van der Waals surface area contributed by atoms with Crippen molar-refractivity contribution in [3.63, 3.8) is 0 Å². The Morgan fingerprint density at radius 2 is 1.96 bits per heavy atom. The third kappa shape index (κ3) is 4.31. The monoisotopic (exact) mass is 356 g/mol. The normalized spacial score (nSPS) is 15.0. The van der Waals surface area contributed by atoms with Crippen molar-refractivity contribution >= 4 is 23.2 Å². The van der Waals surface area contributed by atoms with Crippen molar-refractivity contribution in [3.8, 4) is 0 Å². The van der Waals surface area contributed by atoms with Crippen LogP contribution in [-0.2, 0) is 4.74 Å². The summed E-state index contributed by atoms with van der Waals surface area (Å²) in [4.78, 5) is 21.4. The van der Waals surface area contributed by atoms with Gasteiger partial charge in [0.15, 0.2) is 5.82 Å². The average Bonchev–Trinajstić information content (AvgIpc) is 2.66. The molecule has 0 unspecified atom stereocenters. The lowest BCUT2D eigenvalue weighted by atomic mass is 10.1. The summed E-state index contributed by atoms with van der Waals surface area (Å²) in [5.41, 5.74) is 5.33. The van der Waals surface area contributed by atoms with Crippen LogP contribution >= 0.6 is 0 Å². The van der Waals surface area contributed by atoms with Crippen molar-refractivity contribution in [2.75, 3.05) is 36.6 Å². The number of hydrogen-bond donors (Lipinski definition) is 1. The molecule has 0 saturated carbocycles. The van der Waals surface area contributed by atoms with Crippen molar-refractivity contribution in [3.05, 3.63) is 51.7 Å². The van der Waals surface area contributed by atoms with Gasteiger partial charge in [0, 0.05) is 37.0 Å². The van der Waals surface area contributed by atoms with Gasteiger partial charge in [-0.2, -0.15) is 10.1 Å². The summed E-state index contributed by atoms with van der Waals surface area (Å²) in [6.07, 6.45) is 0. The fraction of sp³-hybridized carbons (Fsp3) is 0.353. The Labute approximate surface area is 150 Å². The molecular formula is C17H20N6O3. The van der Waals surface area contributed by atoms with Crippen molar-refractivity contribution in [2.45, 2.75) is 13.8 Å². The van der Waals surface area contributed by atoms with Crippen LogP contribution in [0.4, 0.5) is 17.5 Å². The van der Waals surface area contributed by atoms with Crippen LogP contribution in [0, 0.1) is 17.0 Å². The van der Waals surface area contributed by atoms with Gasteiger partial charge in [0.05, 0.1) is 23.8 Å². The topological polar surface area (TPSA) is 106 Å². The lowest BCUT2D eigenvalue weighted by Crippen LogP contribution is -2.37. The van der Waals surface area contributed by atoms with Gasteiger partial charge in [-0.3, -0.25) is 15.5 Å². The summed E-state index contributed by atoms with van der Waals surface area (Å²) in [6, 6.07) is 8.07. The van der Waals surface area contributed by atoms with E-state index in [4.69, 9.17) is 4.74 Å². The first-order chi connectivity index (χ1) is 12.5. The highest BCUT2D eigenvalue weighted by molar-refractivity contribution is 5.99. The van der Waals surface area contributed by atoms with E-state index in [0.717, 1.165) is 24.3 Å². The Balaban J connectivity index is 1.74. The molecule has 1 aromatic carbocycles. The molecule has 1 aromatic heterocycles. The van der Waals surface area contributed by atoms with Gasteiger partial charge in [-0.1, -0.05) is 0 Å². The van der Waals surface area contributed by atoms with Crippen LogP contribution in [0.15, 0.2) is 35.4 Å². The number of rotatable bonds is 5. The predicted octanol–water partition coefficient (Wildman–Crippen LogP) is 2.37. The van der Waals surface area contributed by atoms with Crippen LogP contribution in [0.2, 0.25) is 0 Å². The molecule has 1 N–H and O–H groups in total. The smallest absolute Gasteiger partial charge is 0.269 e. The molecule has 2 aromatic rings. The highest BCUT2D eigenvalue weighted by Gasteiger charge is 2.15. The average molecular weight is 356 g/mol. The van der Waals surface area contributed by atoms with Gasteiger partial charge in [-0.25, -0.2) is 4.98 Å². The van der Waals surface area contributed by atoms with E-state index in [2.05, 4.69) is 25.4 Å². The third-order valence-corrected chi connectivity index (χ3v) is 3.97. The molecule has 1 fully saturated rings. The number of morpholine rings is 1. The molecule has 3 rings (SSSR count). The summed E-state index contributed by atoms with van der Waals surface area (Å²) in [7, 11) is 0. The fourth-order valence-electron chi connectivity index (χ4n) is 2.54. The van der Waals surface area contributed by atoms with Crippen molar-refractivity contribution < 1.29 is 9.66 Å². The van der Waals surface area contributed by atoms with Crippen LogP contribution in [0.3, 0.4) is 0 Å². The predicted molar refractivity (Wildman–Crippen MR) is 98.7 cm³/mol. The molecule has 1 aliphatic heterocycles. The molecule has 0 spiro atoms. The molecule has 1 saturated heterocycles. The van der Waals surface area contributed by atoms with Crippen molar-refractivity contribution in [1.29, 1.82) is 0 Å². The number of hydrazone groups is 1. The molecule has 26 heavy (non-hydrogen) atoms. The maximum absolute atomic E-state index is 10.7. The lowest BCUT2D eigenvalue weighted by Gasteiger charge is -2.27. The number of nitrogens with zero attached hydrogens (tertiary/aromatic N) is 5. The molecule has 2 heterocycles. The minimum Gasteiger partial charge on any atom is -0.378 e. The highest BCUT2D eigenvalue weighted by Crippen LogP contribution is 2.16. The molecule has 0 radical (unpaired) electrons. The van der Waals surface area contributed by atoms with Gasteiger partial charge in [0.2, 0.25) is 5.95 Å². The Morgan fingerprint density at radius 1 is 1.27 bits per heavy atom. The van der Waals surface area contributed by atoms with E-state index in [1.807, 2.05) is 19.9 Å². The Hall–Kier alpha value is -3.07. The van der Waals surface area contributed by atoms with Crippen LogP contribution in [0.1, 0.15) is 18.2 Å². The van der Waals surface area contributed by atoms with E-state index in [1.165, 1.54) is 12.1 Å². The highest BCUT2D eigenvalue weighted by atomic mass is 16.6. The molecule has 0 aliphatic carbocycles. The van der Waals surface area contributed by atoms with Crippen LogP contribution in [0.5, 0.6) is 0 Å². The second kappa shape index (κ2) is 7.87. The summed E-state index contributed by atoms with van der Waals surface area (Å²) in [6.45, 7) is 6.58. The number of anilines is 2. The van der Waals surface area contributed by atoms with E-state index in [1.54, 1.807) is 12.1 Å². The molecule has 0 amide bonds. The number of benzene rings is 1. The van der Waals surface area contributed by atoms with Gasteiger partial charge in [-0.15, -0.1) is 0 Å². The number of nitro benzene ring substituents is 1. The summed E-state index contributed by atoms with van der Waals surface area (Å²) in [5.74, 6) is 1.25. The van der Waals surface area contributed by atoms with Gasteiger partial charge < -0.3 is 9.64 Å². The van der Waals surface area contributed by atoms with Crippen LogP contribution in [0.25, 0.3) is 0 Å². The summed E-state index contributed by atoms with van der Waals surface area (Å²) < 4.78 is 5.36. The Bertz CT molecular complexity index is 816. The van der Waals surface area contributed by atoms with E-state index >= 15 is 0 Å². The molecule has 9 heteroatoms. The van der Waals surface area contributed by atoms with E-state index in [0.29, 0.717) is 30.7 Å². The zero-order valence-electron chi connectivity index (χ0n) is 14.7. The van der Waals surface area contributed by atoms with Crippen molar-refractivity contribution in [2.24, 2.45) is 5.10 Å². The Kier molecular flexibility index (Phi) is 5.37. The second-order valence-electron chi connectivity index (χ2n) is 5.91. The van der Waals surface area contributed by atoms with Crippen LogP contribution < -0.4 is 10.3 Å². The number of non-ortho nitro benzene ring substituents is 1. The maximum atomic E-state index is 10.7. The van der Waals surface area contributed by atoms with E-state index in [9.17, 15) is 10.1 Å². The molecule has 0 bridgehead atoms. The first-order valence-corrected chi connectivity index (χ1v) is 8.26. The zero-order chi connectivity index (χ0) is 18.5. The van der Waals surface area contributed by atoms with Gasteiger partial charge in [0.1, 0.15) is 0 Å². The standard InChI is InChI=1S/C17H20N6O3/c1-12-11-16(19-17(18-12)22-7-9-26-10-8-22)21-20-13(2)14-3-5-15(6-4-14)23(24)25/h3-6,11H,7-10H2,1-2H3,(H,18,19,21). The first kappa shape index (κ1) is 17.7. The zero-order valence-corrected chi connectivity index (χ0v) is 14.7. The SMILES string of the molecule is CC(=NNc1cc(C)nc(N2CCOCC2)n1)c1ccc([N+](=O)[O-])cc1. The first-order valence-electron chi connectivity index (χ1n) is 8.26. The number of aryl methyl sites for hydroxylation is 1. The minimum absolute atomic E-state index is 0.0519. The second-order valence-corrected chi connectivity index (χ2v) is 5.91. The van der Waals surface area contributed by atoms with Gasteiger partial charge in [-0.05, 0) is 31.5 Å². The van der Waals surface area contributed by atoms with Crippen LogP contribution in [-0.4, -0.2) is 46.9 Å².